The molecule has 3 N–H and O–H groups in total. The van der Waals surface area contributed by atoms with E-state index >= 15 is 0 Å². The van der Waals surface area contributed by atoms with Gasteiger partial charge in [-0.1, -0.05) is 6.07 Å². The van der Waals surface area contributed by atoms with E-state index in [0.29, 0.717) is 23.3 Å². The highest BCUT2D eigenvalue weighted by Gasteiger charge is 2.28. The molecule has 1 heterocycles. The molecule has 0 bridgehead atoms. The van der Waals surface area contributed by atoms with Gasteiger partial charge >= 0.3 is 0 Å². The maximum absolute atomic E-state index is 12.6. The molecule has 3 aromatic rings. The minimum Gasteiger partial charge on any atom is -0.496 e. The Morgan fingerprint density at radius 1 is 1.11 bits per heavy atom. The van der Waals surface area contributed by atoms with E-state index in [1.54, 1.807) is 19.4 Å². The topological polar surface area (TPSA) is 105 Å². The third-order valence-corrected chi connectivity index (χ3v) is 6.78. The van der Waals surface area contributed by atoms with Crippen molar-refractivity contribution >= 4 is 28.5 Å². The maximum atomic E-state index is 12.6. The number of rotatable bonds is 9. The van der Waals surface area contributed by atoms with Gasteiger partial charge in [-0.15, -0.1) is 6.42 Å². The van der Waals surface area contributed by atoms with Gasteiger partial charge in [-0.3, -0.25) is 9.59 Å². The molecule has 184 valence electrons. The molecule has 2 aliphatic rings. The average Bonchev–Trinajstić information content (AvgIpc) is 3.62. The second-order valence-corrected chi connectivity index (χ2v) is 9.37. The molecular weight excluding hydrogens is 454 g/mol. The number of ketones is 1. The van der Waals surface area contributed by atoms with Crippen molar-refractivity contribution in [1.82, 2.24) is 20.6 Å². The van der Waals surface area contributed by atoms with Gasteiger partial charge in [0, 0.05) is 40.8 Å². The largest absolute Gasteiger partial charge is 0.496 e. The SMILES string of the molecule is C#CC(=O)CN[C@H]1CCC[C@H]1Nc1ncc2cc(-c3cc(C(=O)NC4CC4)ccc3OC)ccc2n1. The summed E-state index contributed by atoms with van der Waals surface area (Å²) in [6.45, 7) is 0.174. The lowest BCUT2D eigenvalue weighted by atomic mass is 10.00. The number of carbonyl (C=O) groups is 2. The van der Waals surface area contributed by atoms with E-state index < -0.39 is 0 Å². The van der Waals surface area contributed by atoms with Crippen LogP contribution in [-0.4, -0.2) is 53.4 Å². The van der Waals surface area contributed by atoms with Crippen molar-refractivity contribution in [2.24, 2.45) is 0 Å². The Labute approximate surface area is 210 Å². The molecular formula is C28H29N5O3. The van der Waals surface area contributed by atoms with Crippen molar-refractivity contribution in [3.63, 3.8) is 0 Å². The van der Waals surface area contributed by atoms with Gasteiger partial charge in [0.1, 0.15) is 5.75 Å². The van der Waals surface area contributed by atoms with Crippen molar-refractivity contribution in [3.8, 4) is 29.2 Å². The van der Waals surface area contributed by atoms with Crippen LogP contribution in [0.25, 0.3) is 22.0 Å². The highest BCUT2D eigenvalue weighted by Crippen LogP contribution is 2.33. The summed E-state index contributed by atoms with van der Waals surface area (Å²) in [6.07, 6.45) is 12.0. The Bertz CT molecular complexity index is 1340. The van der Waals surface area contributed by atoms with Crippen LogP contribution in [0.2, 0.25) is 0 Å². The molecule has 1 amide bonds. The molecule has 0 spiro atoms. The Balaban J connectivity index is 1.34. The minimum absolute atomic E-state index is 0.0652. The van der Waals surface area contributed by atoms with E-state index in [9.17, 15) is 9.59 Å². The maximum Gasteiger partial charge on any atom is 0.251 e. The Hall–Kier alpha value is -3.96. The van der Waals surface area contributed by atoms with Crippen LogP contribution in [0.3, 0.4) is 0 Å². The molecule has 2 atom stereocenters. The van der Waals surface area contributed by atoms with Crippen molar-refractivity contribution in [2.45, 2.75) is 50.2 Å². The van der Waals surface area contributed by atoms with Gasteiger partial charge in [0.25, 0.3) is 5.91 Å². The van der Waals surface area contributed by atoms with E-state index in [1.807, 2.05) is 30.3 Å². The number of nitrogens with one attached hydrogen (secondary N) is 3. The van der Waals surface area contributed by atoms with E-state index in [0.717, 1.165) is 54.1 Å². The Morgan fingerprint density at radius 3 is 2.72 bits per heavy atom. The number of hydrogen-bond acceptors (Lipinski definition) is 7. The van der Waals surface area contributed by atoms with Gasteiger partial charge < -0.3 is 20.7 Å². The number of Topliss-reactive ketones (excluding diaryl/α,β-unsaturated/α-hetero) is 1. The first-order valence-electron chi connectivity index (χ1n) is 12.3. The summed E-state index contributed by atoms with van der Waals surface area (Å²) in [5.74, 6) is 3.07. The van der Waals surface area contributed by atoms with Gasteiger partial charge in [0.2, 0.25) is 11.7 Å². The van der Waals surface area contributed by atoms with Crippen LogP contribution >= 0.6 is 0 Å². The molecule has 5 rings (SSSR count). The van der Waals surface area contributed by atoms with E-state index in [-0.39, 0.29) is 30.3 Å². The lowest BCUT2D eigenvalue weighted by molar-refractivity contribution is -0.113. The molecule has 8 nitrogen and oxygen atoms in total. The number of nitrogens with zero attached hydrogens (tertiary/aromatic N) is 2. The summed E-state index contributed by atoms with van der Waals surface area (Å²) in [4.78, 5) is 33.3. The molecule has 36 heavy (non-hydrogen) atoms. The molecule has 0 saturated heterocycles. The predicted octanol–water partition coefficient (Wildman–Crippen LogP) is 3.32. The molecule has 0 unspecified atom stereocenters. The average molecular weight is 484 g/mol. The third-order valence-electron chi connectivity index (χ3n) is 6.78. The summed E-state index contributed by atoms with van der Waals surface area (Å²) >= 11 is 0. The molecule has 2 aromatic carbocycles. The van der Waals surface area contributed by atoms with Gasteiger partial charge in [0.05, 0.1) is 19.2 Å². The number of methoxy groups -OCH3 is 1. The quantitative estimate of drug-likeness (QED) is 0.317. The number of hydrogen-bond donors (Lipinski definition) is 3. The minimum atomic E-state index is -0.246. The third kappa shape index (κ3) is 5.31. The number of anilines is 1. The van der Waals surface area contributed by atoms with E-state index in [1.165, 1.54) is 0 Å². The van der Waals surface area contributed by atoms with Crippen LogP contribution in [0.15, 0.2) is 42.6 Å². The summed E-state index contributed by atoms with van der Waals surface area (Å²) < 4.78 is 5.57. The first-order valence-corrected chi connectivity index (χ1v) is 12.3. The summed E-state index contributed by atoms with van der Waals surface area (Å²) in [5, 5.41) is 10.6. The smallest absolute Gasteiger partial charge is 0.251 e. The monoisotopic (exact) mass is 483 g/mol. The zero-order chi connectivity index (χ0) is 25.1. The van der Waals surface area contributed by atoms with Gasteiger partial charge in [0.15, 0.2) is 0 Å². The Morgan fingerprint density at radius 2 is 1.94 bits per heavy atom. The van der Waals surface area contributed by atoms with Crippen molar-refractivity contribution in [1.29, 1.82) is 0 Å². The van der Waals surface area contributed by atoms with Gasteiger partial charge in [-0.2, -0.15) is 0 Å². The van der Waals surface area contributed by atoms with Crippen molar-refractivity contribution < 1.29 is 14.3 Å². The fraction of sp³-hybridized carbons (Fsp3) is 0.357. The van der Waals surface area contributed by atoms with Crippen molar-refractivity contribution in [3.05, 3.63) is 48.2 Å². The van der Waals surface area contributed by atoms with Crippen LogP contribution in [0, 0.1) is 12.3 Å². The number of aromatic nitrogens is 2. The normalized spacial score (nSPS) is 19.0. The lowest BCUT2D eigenvalue weighted by Gasteiger charge is -2.21. The summed E-state index contributed by atoms with van der Waals surface area (Å²) in [5.41, 5.74) is 3.18. The molecule has 2 aliphatic carbocycles. The number of benzene rings is 2. The van der Waals surface area contributed by atoms with Gasteiger partial charge in [-0.05, 0) is 73.9 Å². The van der Waals surface area contributed by atoms with Crippen LogP contribution in [0.5, 0.6) is 5.75 Å². The number of ether oxygens (including phenoxy) is 1. The second-order valence-electron chi connectivity index (χ2n) is 9.37. The number of amides is 1. The first kappa shape index (κ1) is 23.8. The highest BCUT2D eigenvalue weighted by atomic mass is 16.5. The molecule has 8 heteroatoms. The summed E-state index contributed by atoms with van der Waals surface area (Å²) in [7, 11) is 1.62. The number of terminal acetylenes is 1. The van der Waals surface area contributed by atoms with Crippen LogP contribution in [0.1, 0.15) is 42.5 Å². The standard InChI is InChI=1S/C28H29N5O3/c1-3-21(34)16-29-24-5-4-6-25(24)33-28-30-15-19-13-17(7-11-23(19)32-28)22-14-18(8-12-26(22)36-2)27(35)31-20-9-10-20/h1,7-8,11-15,20,24-25,29H,4-6,9-10,16H2,2H3,(H,31,35)(H,30,32,33)/t24-,25+/m0/s1. The predicted molar refractivity (Wildman–Crippen MR) is 139 cm³/mol. The highest BCUT2D eigenvalue weighted by molar-refractivity contribution is 5.97. The van der Waals surface area contributed by atoms with Crippen LogP contribution < -0.4 is 20.7 Å². The molecule has 0 radical (unpaired) electrons. The van der Waals surface area contributed by atoms with Crippen molar-refractivity contribution in [2.75, 3.05) is 19.0 Å². The fourth-order valence-corrected chi connectivity index (χ4v) is 4.66. The first-order chi connectivity index (χ1) is 17.5. The fourth-order valence-electron chi connectivity index (χ4n) is 4.66. The molecule has 2 saturated carbocycles. The molecule has 2 fully saturated rings. The van der Waals surface area contributed by atoms with Gasteiger partial charge in [-0.25, -0.2) is 9.97 Å². The van der Waals surface area contributed by atoms with E-state index in [4.69, 9.17) is 16.1 Å². The van der Waals surface area contributed by atoms with Crippen LogP contribution in [-0.2, 0) is 4.79 Å². The van der Waals surface area contributed by atoms with E-state index in [2.05, 4.69) is 26.9 Å². The summed E-state index contributed by atoms with van der Waals surface area (Å²) in [6, 6.07) is 12.0. The molecule has 0 aliphatic heterocycles. The molecule has 1 aromatic heterocycles. The zero-order valence-corrected chi connectivity index (χ0v) is 20.2. The second kappa shape index (κ2) is 10.3. The zero-order valence-electron chi connectivity index (χ0n) is 20.2. The number of fused-ring (bicyclic) bond motifs is 1. The Kier molecular flexibility index (Phi) is 6.83. The number of carbonyl (C=O) groups excluding carboxylic acids is 2. The van der Waals surface area contributed by atoms with Crippen LogP contribution in [0.4, 0.5) is 5.95 Å². The lowest BCUT2D eigenvalue weighted by Crippen LogP contribution is -2.42.